The van der Waals surface area contributed by atoms with Gasteiger partial charge in [0.05, 0.1) is 0 Å². The van der Waals surface area contributed by atoms with Crippen LogP contribution in [0.2, 0.25) is 10.0 Å². The molecule has 0 fully saturated rings. The molecule has 0 spiro atoms. The molecule has 2 atom stereocenters. The highest BCUT2D eigenvalue weighted by Gasteiger charge is 2.26. The number of carbonyl (C=O) groups excluding carboxylic acids is 1. The molecule has 1 rings (SSSR count). The zero-order valence-electron chi connectivity index (χ0n) is 13.3. The molecule has 2 unspecified atom stereocenters. The maximum absolute atomic E-state index is 12.9. The first-order valence-electron chi connectivity index (χ1n) is 7.69. The van der Waals surface area contributed by atoms with Crippen molar-refractivity contribution in [1.82, 2.24) is 4.90 Å². The largest absolute Gasteiger partial charge is 0.333 e. The minimum absolute atomic E-state index is 0.0151. The molecule has 21 heavy (non-hydrogen) atoms. The van der Waals surface area contributed by atoms with E-state index in [1.165, 1.54) is 0 Å². The highest BCUT2D eigenvalue weighted by atomic mass is 35.5. The maximum Gasteiger partial charge on any atom is 0.254 e. The lowest BCUT2D eigenvalue weighted by Crippen LogP contribution is -2.44. The van der Waals surface area contributed by atoms with E-state index in [2.05, 4.69) is 27.7 Å². The van der Waals surface area contributed by atoms with Crippen molar-refractivity contribution in [2.75, 3.05) is 0 Å². The van der Waals surface area contributed by atoms with Crippen molar-refractivity contribution < 1.29 is 4.79 Å². The van der Waals surface area contributed by atoms with Gasteiger partial charge in [0.15, 0.2) is 0 Å². The van der Waals surface area contributed by atoms with Gasteiger partial charge < -0.3 is 4.90 Å². The van der Waals surface area contributed by atoms with Crippen molar-refractivity contribution in [2.24, 2.45) is 0 Å². The van der Waals surface area contributed by atoms with Gasteiger partial charge in [0, 0.05) is 27.7 Å². The van der Waals surface area contributed by atoms with E-state index in [1.54, 1.807) is 18.2 Å². The molecule has 0 bridgehead atoms. The van der Waals surface area contributed by atoms with Crippen molar-refractivity contribution in [3.63, 3.8) is 0 Å². The predicted molar refractivity (Wildman–Crippen MR) is 91.4 cm³/mol. The maximum atomic E-state index is 12.9. The van der Waals surface area contributed by atoms with Crippen LogP contribution < -0.4 is 0 Å². The molecular formula is C17H25Cl2NO. The van der Waals surface area contributed by atoms with E-state index in [4.69, 9.17) is 23.2 Å². The minimum Gasteiger partial charge on any atom is -0.333 e. The quantitative estimate of drug-likeness (QED) is 0.617. The van der Waals surface area contributed by atoms with Crippen LogP contribution in [-0.2, 0) is 0 Å². The molecule has 0 aliphatic carbocycles. The Morgan fingerprint density at radius 2 is 1.43 bits per heavy atom. The van der Waals surface area contributed by atoms with E-state index in [1.807, 2.05) is 4.90 Å². The van der Waals surface area contributed by atoms with E-state index < -0.39 is 0 Å². The van der Waals surface area contributed by atoms with Gasteiger partial charge in [0.2, 0.25) is 0 Å². The third-order valence-corrected chi connectivity index (χ3v) is 4.14. The summed E-state index contributed by atoms with van der Waals surface area (Å²) in [5.41, 5.74) is 0.568. The van der Waals surface area contributed by atoms with Gasteiger partial charge in [-0.3, -0.25) is 4.79 Å². The molecule has 0 heterocycles. The molecule has 0 saturated heterocycles. The van der Waals surface area contributed by atoms with Crippen molar-refractivity contribution in [2.45, 2.75) is 65.5 Å². The number of benzene rings is 1. The second-order valence-corrected chi connectivity index (χ2v) is 6.52. The van der Waals surface area contributed by atoms with Crippen LogP contribution in [0.15, 0.2) is 18.2 Å². The molecule has 0 saturated carbocycles. The van der Waals surface area contributed by atoms with Gasteiger partial charge in [0.25, 0.3) is 5.91 Å². The topological polar surface area (TPSA) is 20.3 Å². The summed E-state index contributed by atoms with van der Waals surface area (Å²) in [4.78, 5) is 14.9. The van der Waals surface area contributed by atoms with Crippen LogP contribution in [0.5, 0.6) is 0 Å². The summed E-state index contributed by atoms with van der Waals surface area (Å²) < 4.78 is 0. The Kier molecular flexibility index (Phi) is 7.55. The summed E-state index contributed by atoms with van der Waals surface area (Å²) in [5, 5.41) is 0.995. The lowest BCUT2D eigenvalue weighted by molar-refractivity contribution is 0.0586. The van der Waals surface area contributed by atoms with E-state index >= 15 is 0 Å². The van der Waals surface area contributed by atoms with Crippen LogP contribution in [0, 0.1) is 0 Å². The van der Waals surface area contributed by atoms with Crippen LogP contribution in [-0.4, -0.2) is 22.9 Å². The Bertz CT molecular complexity index is 444. The Morgan fingerprint density at radius 1 is 1.00 bits per heavy atom. The number of amides is 1. The Hall–Kier alpha value is -0.730. The van der Waals surface area contributed by atoms with E-state index in [0.717, 1.165) is 25.7 Å². The third-order valence-electron chi connectivity index (χ3n) is 3.71. The Morgan fingerprint density at radius 3 is 1.81 bits per heavy atom. The van der Waals surface area contributed by atoms with Crippen LogP contribution in [0.3, 0.4) is 0 Å². The molecule has 0 aliphatic rings. The summed E-state index contributed by atoms with van der Waals surface area (Å²) in [6, 6.07) is 5.46. The predicted octanol–water partition coefficient (Wildman–Crippen LogP) is 5.81. The summed E-state index contributed by atoms with van der Waals surface area (Å²) in [7, 11) is 0. The van der Waals surface area contributed by atoms with Gasteiger partial charge in [-0.05, 0) is 44.9 Å². The summed E-state index contributed by atoms with van der Waals surface area (Å²) in [5.74, 6) is 0.0151. The molecule has 0 radical (unpaired) electrons. The smallest absolute Gasteiger partial charge is 0.254 e. The Labute approximate surface area is 138 Å². The molecule has 0 aliphatic heterocycles. The molecular weight excluding hydrogens is 305 g/mol. The zero-order chi connectivity index (χ0) is 16.0. The lowest BCUT2D eigenvalue weighted by atomic mass is 10.0. The van der Waals surface area contributed by atoms with E-state index in [9.17, 15) is 4.79 Å². The van der Waals surface area contributed by atoms with Gasteiger partial charge in [0.1, 0.15) is 0 Å². The highest BCUT2D eigenvalue weighted by Crippen LogP contribution is 2.23. The molecule has 1 amide bonds. The molecule has 0 N–H and O–H groups in total. The average molecular weight is 330 g/mol. The van der Waals surface area contributed by atoms with Gasteiger partial charge >= 0.3 is 0 Å². The van der Waals surface area contributed by atoms with Crippen molar-refractivity contribution in [1.29, 1.82) is 0 Å². The van der Waals surface area contributed by atoms with Crippen LogP contribution >= 0.6 is 23.2 Å². The second-order valence-electron chi connectivity index (χ2n) is 5.65. The summed E-state index contributed by atoms with van der Waals surface area (Å²) >= 11 is 12.1. The summed E-state index contributed by atoms with van der Waals surface area (Å²) in [6.45, 7) is 8.50. The minimum atomic E-state index is 0.0151. The van der Waals surface area contributed by atoms with E-state index in [0.29, 0.717) is 15.6 Å². The first-order chi connectivity index (χ1) is 9.90. The van der Waals surface area contributed by atoms with Gasteiger partial charge in [-0.25, -0.2) is 0 Å². The fourth-order valence-corrected chi connectivity index (χ4v) is 3.30. The molecule has 1 aromatic rings. The Balaban J connectivity index is 3.08. The van der Waals surface area contributed by atoms with E-state index in [-0.39, 0.29) is 18.0 Å². The number of rotatable bonds is 7. The molecule has 4 heteroatoms. The third kappa shape index (κ3) is 5.19. The number of hydrogen-bond donors (Lipinski definition) is 0. The number of halogens is 2. The van der Waals surface area contributed by atoms with Crippen molar-refractivity contribution in [3.8, 4) is 0 Å². The second kappa shape index (κ2) is 8.65. The van der Waals surface area contributed by atoms with Crippen molar-refractivity contribution in [3.05, 3.63) is 33.8 Å². The number of hydrogen-bond acceptors (Lipinski definition) is 1. The molecule has 2 nitrogen and oxygen atoms in total. The lowest BCUT2D eigenvalue weighted by Gasteiger charge is -2.35. The normalized spacial score (nSPS) is 13.8. The van der Waals surface area contributed by atoms with Crippen molar-refractivity contribution >= 4 is 29.1 Å². The molecule has 0 aromatic heterocycles. The SMILES string of the molecule is CCCC(C)N(C(=O)c1cc(Cl)cc(Cl)c1)C(C)CCC. The van der Waals surface area contributed by atoms with Crippen LogP contribution in [0.25, 0.3) is 0 Å². The number of carbonyl (C=O) groups is 1. The van der Waals surface area contributed by atoms with Gasteiger partial charge in [-0.2, -0.15) is 0 Å². The first-order valence-corrected chi connectivity index (χ1v) is 8.45. The zero-order valence-corrected chi connectivity index (χ0v) is 14.8. The van der Waals surface area contributed by atoms with Crippen LogP contribution in [0.1, 0.15) is 63.7 Å². The van der Waals surface area contributed by atoms with Crippen LogP contribution in [0.4, 0.5) is 0 Å². The van der Waals surface area contributed by atoms with Gasteiger partial charge in [-0.15, -0.1) is 0 Å². The fourth-order valence-electron chi connectivity index (χ4n) is 2.77. The first kappa shape index (κ1) is 18.3. The molecule has 1 aromatic carbocycles. The summed E-state index contributed by atoms with van der Waals surface area (Å²) in [6.07, 6.45) is 4.10. The number of nitrogens with zero attached hydrogens (tertiary/aromatic N) is 1. The molecule has 118 valence electrons. The highest BCUT2D eigenvalue weighted by molar-refractivity contribution is 6.35. The standard InChI is InChI=1S/C17H25Cl2NO/c1-5-7-12(3)20(13(4)8-6-2)17(21)14-9-15(18)11-16(19)10-14/h9-13H,5-8H2,1-4H3. The monoisotopic (exact) mass is 329 g/mol. The average Bonchev–Trinajstić information content (AvgIpc) is 2.38. The fraction of sp³-hybridized carbons (Fsp3) is 0.588. The van der Waals surface area contributed by atoms with Gasteiger partial charge in [-0.1, -0.05) is 49.9 Å².